The number of fused-ring (bicyclic) bond motifs is 1. The van der Waals surface area contributed by atoms with Crippen LogP contribution in [0.1, 0.15) is 23.7 Å². The minimum Gasteiger partial charge on any atom is -0.454 e. The van der Waals surface area contributed by atoms with Gasteiger partial charge < -0.3 is 20.3 Å². The monoisotopic (exact) mass is 243 g/mol. The lowest BCUT2D eigenvalue weighted by Crippen LogP contribution is -2.07. The standard InChI is InChI=1S/C11H14ClNO3/c1-6-10(12)7(8(14)2-3-13)4-9-11(6)16-5-15-9/h4,8,14H,2-3,5,13H2,1H3. The molecule has 16 heavy (non-hydrogen) atoms. The lowest BCUT2D eigenvalue weighted by atomic mass is 10.0. The van der Waals surface area contributed by atoms with Crippen LogP contribution in [0, 0.1) is 6.92 Å². The second-order valence-electron chi connectivity index (χ2n) is 3.73. The summed E-state index contributed by atoms with van der Waals surface area (Å²) in [5, 5.41) is 10.4. The Hall–Kier alpha value is -0.970. The fourth-order valence-corrected chi connectivity index (χ4v) is 2.03. The molecule has 0 amide bonds. The smallest absolute Gasteiger partial charge is 0.231 e. The molecule has 0 fully saturated rings. The average Bonchev–Trinajstić information content (AvgIpc) is 2.71. The normalized spacial score (nSPS) is 15.2. The van der Waals surface area contributed by atoms with Gasteiger partial charge in [-0.1, -0.05) is 11.6 Å². The number of benzene rings is 1. The fourth-order valence-electron chi connectivity index (χ4n) is 1.77. The van der Waals surface area contributed by atoms with E-state index in [1.807, 2.05) is 6.92 Å². The number of nitrogens with two attached hydrogens (primary N) is 1. The molecule has 1 aliphatic heterocycles. The Morgan fingerprint density at radius 2 is 2.31 bits per heavy atom. The highest BCUT2D eigenvalue weighted by Crippen LogP contribution is 2.43. The van der Waals surface area contributed by atoms with Crippen molar-refractivity contribution in [2.24, 2.45) is 5.73 Å². The zero-order valence-electron chi connectivity index (χ0n) is 9.00. The highest BCUT2D eigenvalue weighted by molar-refractivity contribution is 6.32. The predicted octanol–water partition coefficient (Wildman–Crippen LogP) is 1.76. The first-order valence-corrected chi connectivity index (χ1v) is 5.49. The second-order valence-corrected chi connectivity index (χ2v) is 4.11. The maximum Gasteiger partial charge on any atom is 0.231 e. The van der Waals surface area contributed by atoms with Gasteiger partial charge in [0.25, 0.3) is 0 Å². The van der Waals surface area contributed by atoms with Crippen molar-refractivity contribution in [2.45, 2.75) is 19.4 Å². The summed E-state index contributed by atoms with van der Waals surface area (Å²) in [4.78, 5) is 0. The number of hydrogen-bond donors (Lipinski definition) is 2. The zero-order chi connectivity index (χ0) is 11.7. The largest absolute Gasteiger partial charge is 0.454 e. The Morgan fingerprint density at radius 1 is 1.56 bits per heavy atom. The molecule has 88 valence electrons. The molecule has 2 rings (SSSR count). The first-order chi connectivity index (χ1) is 7.65. The summed E-state index contributed by atoms with van der Waals surface area (Å²) in [7, 11) is 0. The predicted molar refractivity (Wildman–Crippen MR) is 60.9 cm³/mol. The molecule has 5 heteroatoms. The Labute approximate surface area is 98.9 Å². The van der Waals surface area contributed by atoms with E-state index in [1.165, 1.54) is 0 Å². The maximum absolute atomic E-state index is 9.90. The first-order valence-electron chi connectivity index (χ1n) is 5.12. The topological polar surface area (TPSA) is 64.7 Å². The van der Waals surface area contributed by atoms with Crippen LogP contribution < -0.4 is 15.2 Å². The van der Waals surface area contributed by atoms with E-state index >= 15 is 0 Å². The van der Waals surface area contributed by atoms with Crippen LogP contribution in [0.3, 0.4) is 0 Å². The zero-order valence-corrected chi connectivity index (χ0v) is 9.75. The molecule has 3 N–H and O–H groups in total. The molecule has 1 heterocycles. The third-order valence-corrected chi connectivity index (χ3v) is 3.15. The molecule has 1 aromatic carbocycles. The van der Waals surface area contributed by atoms with Gasteiger partial charge in [0.2, 0.25) is 6.79 Å². The van der Waals surface area contributed by atoms with Gasteiger partial charge in [0.1, 0.15) is 0 Å². The quantitative estimate of drug-likeness (QED) is 0.849. The second kappa shape index (κ2) is 4.49. The molecule has 0 radical (unpaired) electrons. The summed E-state index contributed by atoms with van der Waals surface area (Å²) < 4.78 is 10.6. The highest BCUT2D eigenvalue weighted by atomic mass is 35.5. The van der Waals surface area contributed by atoms with Gasteiger partial charge in [-0.3, -0.25) is 0 Å². The van der Waals surface area contributed by atoms with Gasteiger partial charge in [-0.15, -0.1) is 0 Å². The van der Waals surface area contributed by atoms with Gasteiger partial charge in [-0.25, -0.2) is 0 Å². The average molecular weight is 244 g/mol. The summed E-state index contributed by atoms with van der Waals surface area (Å²) >= 11 is 6.17. The fraction of sp³-hybridized carbons (Fsp3) is 0.455. The van der Waals surface area contributed by atoms with E-state index in [0.29, 0.717) is 35.1 Å². The van der Waals surface area contributed by atoms with Crippen molar-refractivity contribution in [2.75, 3.05) is 13.3 Å². The summed E-state index contributed by atoms with van der Waals surface area (Å²) in [6, 6.07) is 1.72. The van der Waals surface area contributed by atoms with E-state index in [9.17, 15) is 5.11 Å². The molecule has 1 unspecified atom stereocenters. The van der Waals surface area contributed by atoms with E-state index in [-0.39, 0.29) is 6.79 Å². The van der Waals surface area contributed by atoms with Crippen LogP contribution in [0.5, 0.6) is 11.5 Å². The van der Waals surface area contributed by atoms with Crippen LogP contribution >= 0.6 is 11.6 Å². The number of rotatable bonds is 3. The summed E-state index contributed by atoms with van der Waals surface area (Å²) in [5.74, 6) is 1.29. The van der Waals surface area contributed by atoms with Crippen molar-refractivity contribution in [1.82, 2.24) is 0 Å². The molecular formula is C11H14ClNO3. The lowest BCUT2D eigenvalue weighted by molar-refractivity contribution is 0.167. The molecule has 4 nitrogen and oxygen atoms in total. The minimum atomic E-state index is -0.661. The SMILES string of the molecule is Cc1c(Cl)c(C(O)CCN)cc2c1OCO2. The Kier molecular flexibility index (Phi) is 3.23. The van der Waals surface area contributed by atoms with E-state index < -0.39 is 6.10 Å². The van der Waals surface area contributed by atoms with Crippen molar-refractivity contribution in [3.8, 4) is 11.5 Å². The molecule has 0 spiro atoms. The highest BCUT2D eigenvalue weighted by Gasteiger charge is 2.23. The Morgan fingerprint density at radius 3 is 3.00 bits per heavy atom. The van der Waals surface area contributed by atoms with Gasteiger partial charge in [0, 0.05) is 11.1 Å². The van der Waals surface area contributed by atoms with Crippen LogP contribution in [0.15, 0.2) is 6.07 Å². The van der Waals surface area contributed by atoms with Crippen molar-refractivity contribution in [1.29, 1.82) is 0 Å². The Bertz CT molecular complexity index is 409. The van der Waals surface area contributed by atoms with E-state index in [0.717, 1.165) is 5.56 Å². The lowest BCUT2D eigenvalue weighted by Gasteiger charge is -2.14. The van der Waals surface area contributed by atoms with Gasteiger partial charge in [0.15, 0.2) is 11.5 Å². The van der Waals surface area contributed by atoms with Crippen LogP contribution in [0.2, 0.25) is 5.02 Å². The van der Waals surface area contributed by atoms with Crippen molar-refractivity contribution in [3.63, 3.8) is 0 Å². The number of aliphatic hydroxyl groups is 1. The van der Waals surface area contributed by atoms with Crippen LogP contribution in [-0.2, 0) is 0 Å². The number of ether oxygens (including phenoxy) is 2. The van der Waals surface area contributed by atoms with Gasteiger partial charge in [-0.2, -0.15) is 0 Å². The summed E-state index contributed by atoms with van der Waals surface area (Å²) in [6.07, 6.45) is -0.190. The molecule has 1 aromatic rings. The van der Waals surface area contributed by atoms with Gasteiger partial charge >= 0.3 is 0 Å². The van der Waals surface area contributed by atoms with Crippen molar-refractivity contribution >= 4 is 11.6 Å². The number of halogens is 1. The van der Waals surface area contributed by atoms with Crippen molar-refractivity contribution in [3.05, 3.63) is 22.2 Å². The molecule has 0 saturated heterocycles. The van der Waals surface area contributed by atoms with Crippen LogP contribution in [-0.4, -0.2) is 18.4 Å². The van der Waals surface area contributed by atoms with Crippen LogP contribution in [0.25, 0.3) is 0 Å². The third kappa shape index (κ3) is 1.84. The van der Waals surface area contributed by atoms with Gasteiger partial charge in [-0.05, 0) is 26.0 Å². The van der Waals surface area contributed by atoms with Crippen LogP contribution in [0.4, 0.5) is 0 Å². The molecule has 0 aromatic heterocycles. The van der Waals surface area contributed by atoms with E-state index in [2.05, 4.69) is 0 Å². The molecule has 1 atom stereocenters. The minimum absolute atomic E-state index is 0.197. The molecule has 1 aliphatic rings. The summed E-state index contributed by atoms with van der Waals surface area (Å²) in [5.41, 5.74) is 6.85. The summed E-state index contributed by atoms with van der Waals surface area (Å²) in [6.45, 7) is 2.45. The third-order valence-electron chi connectivity index (χ3n) is 2.65. The Balaban J connectivity index is 2.43. The number of aliphatic hydroxyl groups excluding tert-OH is 1. The maximum atomic E-state index is 9.90. The van der Waals surface area contributed by atoms with Crippen molar-refractivity contribution < 1.29 is 14.6 Å². The number of hydrogen-bond acceptors (Lipinski definition) is 4. The van der Waals surface area contributed by atoms with E-state index in [4.69, 9.17) is 26.8 Å². The van der Waals surface area contributed by atoms with E-state index in [1.54, 1.807) is 6.07 Å². The molecule has 0 bridgehead atoms. The molecule has 0 aliphatic carbocycles. The van der Waals surface area contributed by atoms with Gasteiger partial charge in [0.05, 0.1) is 11.1 Å². The molecular weight excluding hydrogens is 230 g/mol. The first kappa shape index (κ1) is 11.5. The molecule has 0 saturated carbocycles.